The summed E-state index contributed by atoms with van der Waals surface area (Å²) in [5, 5.41) is 15.6. The van der Waals surface area contributed by atoms with Crippen LogP contribution < -0.4 is 15.8 Å². The highest BCUT2D eigenvalue weighted by atomic mass is 16.1. The van der Waals surface area contributed by atoms with Crippen molar-refractivity contribution in [1.29, 1.82) is 0 Å². The largest absolute Gasteiger partial charge is 0.369 e. The summed E-state index contributed by atoms with van der Waals surface area (Å²) in [6, 6.07) is 10.9. The summed E-state index contributed by atoms with van der Waals surface area (Å²) in [7, 11) is 0. The number of nitrogens with one attached hydrogen (secondary N) is 1. The van der Waals surface area contributed by atoms with Crippen molar-refractivity contribution in [3.8, 4) is 0 Å². The molecule has 1 N–H and O–H groups in total. The van der Waals surface area contributed by atoms with Crippen molar-refractivity contribution in [2.24, 2.45) is 5.92 Å². The van der Waals surface area contributed by atoms with Crippen LogP contribution in [0.1, 0.15) is 0 Å². The van der Waals surface area contributed by atoms with E-state index in [-0.39, 0.29) is 5.56 Å². The van der Waals surface area contributed by atoms with E-state index in [4.69, 9.17) is 0 Å². The number of fused-ring (bicyclic) bond motifs is 2. The molecule has 0 aliphatic carbocycles. The number of hydrogen-bond donors (Lipinski definition) is 1. The van der Waals surface area contributed by atoms with Gasteiger partial charge in [-0.1, -0.05) is 6.07 Å². The molecular formula is C17H16N8O. The number of pyridine rings is 1. The molecule has 1 aliphatic heterocycles. The van der Waals surface area contributed by atoms with Crippen molar-refractivity contribution < 1.29 is 0 Å². The quantitative estimate of drug-likeness (QED) is 0.580. The second-order valence-corrected chi connectivity index (χ2v) is 6.39. The van der Waals surface area contributed by atoms with Gasteiger partial charge in [-0.15, -0.1) is 15.3 Å². The van der Waals surface area contributed by atoms with Gasteiger partial charge in [-0.25, -0.2) is 4.98 Å². The predicted octanol–water partition coefficient (Wildman–Crippen LogP) is 0.680. The monoisotopic (exact) mass is 348 g/mol. The van der Waals surface area contributed by atoms with Gasteiger partial charge in [0.1, 0.15) is 23.6 Å². The summed E-state index contributed by atoms with van der Waals surface area (Å²) in [4.78, 5) is 18.8. The highest BCUT2D eigenvalue weighted by Crippen LogP contribution is 2.22. The van der Waals surface area contributed by atoms with Crippen LogP contribution in [0, 0.1) is 5.92 Å². The van der Waals surface area contributed by atoms with Gasteiger partial charge in [-0.2, -0.15) is 4.52 Å². The third kappa shape index (κ3) is 2.53. The molecular weight excluding hydrogens is 332 g/mol. The lowest BCUT2D eigenvalue weighted by Gasteiger charge is -2.40. The van der Waals surface area contributed by atoms with E-state index in [2.05, 4.69) is 30.5 Å². The first-order valence-electron chi connectivity index (χ1n) is 8.41. The van der Waals surface area contributed by atoms with E-state index in [1.165, 1.54) is 10.5 Å². The number of nitrogens with zero attached hydrogens (tertiary/aromatic N) is 7. The molecule has 4 aromatic heterocycles. The SMILES string of the molecule is O=c1cc(NCC2CN(c3ccc4nncn4n3)C2)nc2ccccn12. The van der Waals surface area contributed by atoms with Gasteiger partial charge < -0.3 is 10.2 Å². The zero-order valence-electron chi connectivity index (χ0n) is 13.9. The second-order valence-electron chi connectivity index (χ2n) is 6.39. The topological polar surface area (TPSA) is 92.7 Å². The van der Waals surface area contributed by atoms with E-state index in [9.17, 15) is 4.79 Å². The third-order valence-corrected chi connectivity index (χ3v) is 4.57. The lowest BCUT2D eigenvalue weighted by molar-refractivity contribution is 0.424. The van der Waals surface area contributed by atoms with E-state index in [1.54, 1.807) is 17.0 Å². The maximum absolute atomic E-state index is 12.1. The second kappa shape index (κ2) is 5.80. The fraction of sp³-hybridized carbons (Fsp3) is 0.235. The van der Waals surface area contributed by atoms with Gasteiger partial charge in [0.15, 0.2) is 5.65 Å². The average molecular weight is 348 g/mol. The van der Waals surface area contributed by atoms with Gasteiger partial charge in [0.05, 0.1) is 0 Å². The Balaban J connectivity index is 1.23. The Kier molecular flexibility index (Phi) is 3.30. The molecule has 0 unspecified atom stereocenters. The summed E-state index contributed by atoms with van der Waals surface area (Å²) in [6.45, 7) is 2.57. The molecule has 0 aromatic carbocycles. The Bertz CT molecular complexity index is 1140. The van der Waals surface area contributed by atoms with Gasteiger partial charge in [0, 0.05) is 37.8 Å². The molecule has 4 aromatic rings. The minimum absolute atomic E-state index is 0.0835. The maximum atomic E-state index is 12.1. The lowest BCUT2D eigenvalue weighted by atomic mass is 10.0. The Morgan fingerprint density at radius 3 is 3.00 bits per heavy atom. The highest BCUT2D eigenvalue weighted by Gasteiger charge is 2.28. The van der Waals surface area contributed by atoms with E-state index < -0.39 is 0 Å². The van der Waals surface area contributed by atoms with Gasteiger partial charge >= 0.3 is 0 Å². The van der Waals surface area contributed by atoms with E-state index in [0.29, 0.717) is 17.4 Å². The Morgan fingerprint density at radius 2 is 2.08 bits per heavy atom. The number of hydrogen-bond acceptors (Lipinski definition) is 7. The van der Waals surface area contributed by atoms with Crippen LogP contribution in [0.15, 0.2) is 53.7 Å². The third-order valence-electron chi connectivity index (χ3n) is 4.57. The highest BCUT2D eigenvalue weighted by molar-refractivity contribution is 5.48. The zero-order valence-corrected chi connectivity index (χ0v) is 13.9. The molecule has 0 amide bonds. The van der Waals surface area contributed by atoms with E-state index >= 15 is 0 Å². The molecule has 1 fully saturated rings. The van der Waals surface area contributed by atoms with Crippen LogP contribution in [0.5, 0.6) is 0 Å². The lowest BCUT2D eigenvalue weighted by Crippen LogP contribution is -2.50. The van der Waals surface area contributed by atoms with Crippen LogP contribution in [-0.2, 0) is 0 Å². The van der Waals surface area contributed by atoms with Gasteiger partial charge in [0.2, 0.25) is 0 Å². The summed E-state index contributed by atoms with van der Waals surface area (Å²) < 4.78 is 3.20. The molecule has 5 rings (SSSR count). The van der Waals surface area contributed by atoms with Crippen molar-refractivity contribution in [2.45, 2.75) is 0 Å². The van der Waals surface area contributed by atoms with Crippen molar-refractivity contribution in [3.63, 3.8) is 0 Å². The van der Waals surface area contributed by atoms with Crippen molar-refractivity contribution in [1.82, 2.24) is 29.2 Å². The molecule has 9 heteroatoms. The molecule has 0 radical (unpaired) electrons. The first-order valence-corrected chi connectivity index (χ1v) is 8.41. The van der Waals surface area contributed by atoms with Crippen molar-refractivity contribution in [3.05, 3.63) is 59.3 Å². The van der Waals surface area contributed by atoms with Gasteiger partial charge in [0.25, 0.3) is 5.56 Å². The van der Waals surface area contributed by atoms with Crippen LogP contribution in [0.3, 0.4) is 0 Å². The molecule has 5 heterocycles. The Hall–Kier alpha value is -3.49. The Morgan fingerprint density at radius 1 is 1.15 bits per heavy atom. The minimum Gasteiger partial charge on any atom is -0.369 e. The molecule has 1 saturated heterocycles. The summed E-state index contributed by atoms with van der Waals surface area (Å²) in [6.07, 6.45) is 3.32. The first kappa shape index (κ1) is 14.8. The zero-order chi connectivity index (χ0) is 17.5. The summed E-state index contributed by atoms with van der Waals surface area (Å²) in [5.41, 5.74) is 1.30. The van der Waals surface area contributed by atoms with Gasteiger partial charge in [-0.3, -0.25) is 9.20 Å². The molecule has 0 atom stereocenters. The minimum atomic E-state index is -0.0835. The average Bonchev–Trinajstić information content (AvgIpc) is 3.08. The van der Waals surface area contributed by atoms with Crippen molar-refractivity contribution in [2.75, 3.05) is 29.9 Å². The van der Waals surface area contributed by atoms with Crippen LogP contribution in [0.4, 0.5) is 11.6 Å². The molecule has 130 valence electrons. The molecule has 9 nitrogen and oxygen atoms in total. The van der Waals surface area contributed by atoms with Crippen LogP contribution in [-0.4, -0.2) is 48.8 Å². The molecule has 26 heavy (non-hydrogen) atoms. The van der Waals surface area contributed by atoms with Crippen LogP contribution >= 0.6 is 0 Å². The normalized spacial score (nSPS) is 14.7. The van der Waals surface area contributed by atoms with E-state index in [0.717, 1.165) is 31.1 Å². The fourth-order valence-electron chi connectivity index (χ4n) is 3.17. The van der Waals surface area contributed by atoms with Gasteiger partial charge in [-0.05, 0) is 24.3 Å². The summed E-state index contributed by atoms with van der Waals surface area (Å²) in [5.74, 6) is 2.00. The molecule has 1 aliphatic rings. The standard InChI is InChI=1S/C17H16N8O/c26-17-7-13(20-14-3-1-2-6-24(14)17)18-8-12-9-23(10-12)16-5-4-15-21-19-11-25(15)22-16/h1-7,11-12,18H,8-10H2. The first-order chi connectivity index (χ1) is 12.8. The summed E-state index contributed by atoms with van der Waals surface area (Å²) >= 11 is 0. The maximum Gasteiger partial charge on any atom is 0.259 e. The van der Waals surface area contributed by atoms with Crippen LogP contribution in [0.25, 0.3) is 11.3 Å². The molecule has 0 spiro atoms. The fourth-order valence-corrected chi connectivity index (χ4v) is 3.17. The van der Waals surface area contributed by atoms with Crippen molar-refractivity contribution >= 4 is 22.9 Å². The molecule has 0 saturated carbocycles. The number of rotatable bonds is 4. The molecule has 0 bridgehead atoms. The smallest absolute Gasteiger partial charge is 0.259 e. The Labute approximate surface area is 147 Å². The number of aromatic nitrogens is 6. The van der Waals surface area contributed by atoms with E-state index in [1.807, 2.05) is 30.3 Å². The van der Waals surface area contributed by atoms with Crippen LogP contribution in [0.2, 0.25) is 0 Å². The number of anilines is 2. The predicted molar refractivity (Wildman–Crippen MR) is 96.4 cm³/mol.